The van der Waals surface area contributed by atoms with Crippen molar-refractivity contribution in [2.24, 2.45) is 0 Å². The van der Waals surface area contributed by atoms with Gasteiger partial charge in [0, 0.05) is 20.1 Å². The second kappa shape index (κ2) is 6.69. The Morgan fingerprint density at radius 1 is 1.29 bits per heavy atom. The van der Waals surface area contributed by atoms with Gasteiger partial charge in [-0.1, -0.05) is 55.6 Å². The summed E-state index contributed by atoms with van der Waals surface area (Å²) in [6, 6.07) is 11.1. The molecule has 0 aliphatic carbocycles. The van der Waals surface area contributed by atoms with Gasteiger partial charge < -0.3 is 0 Å². The minimum absolute atomic E-state index is 0.0233. The van der Waals surface area contributed by atoms with Crippen molar-refractivity contribution in [3.05, 3.63) is 67.3 Å². The zero-order valence-corrected chi connectivity index (χ0v) is 14.3. The maximum atomic E-state index is 14.0. The van der Waals surface area contributed by atoms with Gasteiger partial charge in [-0.3, -0.25) is 4.79 Å². The normalized spacial score (nSPS) is 11.8. The first-order chi connectivity index (χ1) is 9.95. The molecule has 0 spiro atoms. The highest BCUT2D eigenvalue weighted by Gasteiger charge is 2.27. The van der Waals surface area contributed by atoms with Gasteiger partial charge in [-0.2, -0.15) is 5.26 Å². The smallest absolute Gasteiger partial charge is 0.185 e. The van der Waals surface area contributed by atoms with Gasteiger partial charge in [0.25, 0.3) is 0 Å². The minimum atomic E-state index is -1.25. The van der Waals surface area contributed by atoms with Crippen molar-refractivity contribution in [2.45, 2.75) is 5.92 Å². The molecule has 106 valence electrons. The summed E-state index contributed by atoms with van der Waals surface area (Å²) in [5.74, 6) is -2.48. The fourth-order valence-corrected chi connectivity index (χ4v) is 3.28. The molecular weight excluding hydrogens is 424 g/mol. The van der Waals surface area contributed by atoms with Crippen LogP contribution in [0.15, 0.2) is 45.3 Å². The lowest BCUT2D eigenvalue weighted by atomic mass is 9.91. The third-order valence-electron chi connectivity index (χ3n) is 2.88. The molecule has 0 aliphatic heterocycles. The second-order valence-electron chi connectivity index (χ2n) is 4.19. The number of Topliss-reactive ketones (excluding diaryl/α,β-unsaturated/α-hetero) is 1. The number of hydrogen-bond acceptors (Lipinski definition) is 2. The predicted molar refractivity (Wildman–Crippen MR) is 85.9 cm³/mol. The van der Waals surface area contributed by atoms with E-state index in [4.69, 9.17) is 11.6 Å². The van der Waals surface area contributed by atoms with E-state index in [-0.39, 0.29) is 10.6 Å². The zero-order valence-electron chi connectivity index (χ0n) is 10.4. The van der Waals surface area contributed by atoms with Crippen LogP contribution < -0.4 is 0 Å². The molecule has 2 aromatic rings. The lowest BCUT2D eigenvalue weighted by molar-refractivity contribution is 0.0976. The van der Waals surface area contributed by atoms with Gasteiger partial charge in [-0.25, -0.2) is 4.39 Å². The maximum Gasteiger partial charge on any atom is 0.185 e. The van der Waals surface area contributed by atoms with Crippen LogP contribution in [-0.4, -0.2) is 5.78 Å². The molecule has 0 N–H and O–H groups in total. The molecule has 0 amide bonds. The van der Waals surface area contributed by atoms with Crippen molar-refractivity contribution in [3.63, 3.8) is 0 Å². The van der Waals surface area contributed by atoms with Crippen LogP contribution in [0, 0.1) is 17.1 Å². The van der Waals surface area contributed by atoms with Gasteiger partial charge in [-0.15, -0.1) is 0 Å². The summed E-state index contributed by atoms with van der Waals surface area (Å²) in [7, 11) is 0. The molecule has 1 atom stereocenters. The first-order valence-corrected chi connectivity index (χ1v) is 7.75. The molecule has 2 aromatic carbocycles. The molecule has 0 aromatic heterocycles. The number of nitriles is 1. The van der Waals surface area contributed by atoms with Crippen LogP contribution in [0.4, 0.5) is 4.39 Å². The summed E-state index contributed by atoms with van der Waals surface area (Å²) in [6.07, 6.45) is 0. The van der Waals surface area contributed by atoms with E-state index in [2.05, 4.69) is 31.9 Å². The summed E-state index contributed by atoms with van der Waals surface area (Å²) < 4.78 is 15.3. The van der Waals surface area contributed by atoms with Gasteiger partial charge in [-0.05, 0) is 24.3 Å². The molecule has 0 bridgehead atoms. The van der Waals surface area contributed by atoms with Crippen LogP contribution in [-0.2, 0) is 0 Å². The van der Waals surface area contributed by atoms with Gasteiger partial charge in [0.15, 0.2) is 5.78 Å². The van der Waals surface area contributed by atoms with E-state index >= 15 is 0 Å². The summed E-state index contributed by atoms with van der Waals surface area (Å²) in [4.78, 5) is 12.5. The fourth-order valence-electron chi connectivity index (χ4n) is 1.86. The van der Waals surface area contributed by atoms with E-state index in [0.29, 0.717) is 10.0 Å². The lowest BCUT2D eigenvalue weighted by Crippen LogP contribution is -2.13. The van der Waals surface area contributed by atoms with E-state index in [1.54, 1.807) is 18.2 Å². The fraction of sp³-hybridized carbons (Fsp3) is 0.0667. The van der Waals surface area contributed by atoms with Crippen molar-refractivity contribution < 1.29 is 9.18 Å². The quantitative estimate of drug-likeness (QED) is 0.603. The third-order valence-corrected chi connectivity index (χ3v) is 4.32. The van der Waals surface area contributed by atoms with Crippen LogP contribution in [0.3, 0.4) is 0 Å². The lowest BCUT2D eigenvalue weighted by Gasteiger charge is -2.12. The monoisotopic (exact) mass is 429 g/mol. The van der Waals surface area contributed by atoms with Gasteiger partial charge in [0.1, 0.15) is 11.7 Å². The van der Waals surface area contributed by atoms with Crippen molar-refractivity contribution in [1.29, 1.82) is 5.26 Å². The highest BCUT2D eigenvalue weighted by atomic mass is 79.9. The van der Waals surface area contributed by atoms with Crippen LogP contribution in [0.2, 0.25) is 5.02 Å². The Morgan fingerprint density at radius 3 is 2.62 bits per heavy atom. The Bertz CT molecular complexity index is 758. The Labute approximate surface area is 142 Å². The van der Waals surface area contributed by atoms with Crippen LogP contribution in [0.5, 0.6) is 0 Å². The Kier molecular flexibility index (Phi) is 5.15. The number of ketones is 1. The molecule has 21 heavy (non-hydrogen) atoms. The standard InChI is InChI=1S/C15H7Br2ClFNO/c16-8-4-5-10(12(17)6-8)15(21)11(7-20)9-2-1-3-13(18)14(9)19/h1-6,11H. The number of benzene rings is 2. The molecule has 0 saturated heterocycles. The van der Waals surface area contributed by atoms with Gasteiger partial charge in [0.2, 0.25) is 0 Å². The van der Waals surface area contributed by atoms with E-state index in [0.717, 1.165) is 4.47 Å². The van der Waals surface area contributed by atoms with Crippen molar-refractivity contribution in [2.75, 3.05) is 0 Å². The van der Waals surface area contributed by atoms with Crippen LogP contribution >= 0.6 is 43.5 Å². The molecular formula is C15H7Br2ClFNO. The predicted octanol–water partition coefficient (Wildman–Crippen LogP) is 5.49. The highest BCUT2D eigenvalue weighted by molar-refractivity contribution is 9.11. The topological polar surface area (TPSA) is 40.9 Å². The number of carbonyl (C=O) groups excluding carboxylic acids is 1. The summed E-state index contributed by atoms with van der Waals surface area (Å²) >= 11 is 12.3. The SMILES string of the molecule is N#CC(C(=O)c1ccc(Br)cc1Br)c1cccc(Cl)c1F. The third kappa shape index (κ3) is 3.34. The minimum Gasteiger partial charge on any atom is -0.292 e. The van der Waals surface area contributed by atoms with Gasteiger partial charge in [0.05, 0.1) is 11.1 Å². The van der Waals surface area contributed by atoms with Crippen LogP contribution in [0.1, 0.15) is 21.8 Å². The first-order valence-electron chi connectivity index (χ1n) is 5.78. The Balaban J connectivity index is 2.49. The molecule has 2 rings (SSSR count). The second-order valence-corrected chi connectivity index (χ2v) is 6.37. The Morgan fingerprint density at radius 2 is 2.00 bits per heavy atom. The molecule has 0 radical (unpaired) electrons. The first kappa shape index (κ1) is 16.2. The highest BCUT2D eigenvalue weighted by Crippen LogP contribution is 2.30. The van der Waals surface area contributed by atoms with Gasteiger partial charge >= 0.3 is 0 Å². The zero-order chi connectivity index (χ0) is 15.6. The summed E-state index contributed by atoms with van der Waals surface area (Å²) in [5.41, 5.74) is 0.286. The molecule has 0 saturated carbocycles. The number of carbonyl (C=O) groups is 1. The summed E-state index contributed by atoms with van der Waals surface area (Å²) in [6.45, 7) is 0. The van der Waals surface area contributed by atoms with E-state index in [1.165, 1.54) is 18.2 Å². The average Bonchev–Trinajstić information content (AvgIpc) is 2.44. The van der Waals surface area contributed by atoms with Crippen molar-refractivity contribution in [1.82, 2.24) is 0 Å². The number of halogens is 4. The molecule has 1 unspecified atom stereocenters. The maximum absolute atomic E-state index is 14.0. The Hall–Kier alpha value is -1.22. The molecule has 0 heterocycles. The van der Waals surface area contributed by atoms with E-state index in [1.807, 2.05) is 6.07 Å². The van der Waals surface area contributed by atoms with E-state index in [9.17, 15) is 14.4 Å². The largest absolute Gasteiger partial charge is 0.292 e. The number of rotatable bonds is 3. The average molecular weight is 431 g/mol. The van der Waals surface area contributed by atoms with Crippen molar-refractivity contribution >= 4 is 49.2 Å². The summed E-state index contributed by atoms with van der Waals surface area (Å²) in [5, 5.41) is 9.15. The van der Waals surface area contributed by atoms with E-state index < -0.39 is 17.5 Å². The van der Waals surface area contributed by atoms with Crippen LogP contribution in [0.25, 0.3) is 0 Å². The number of hydrogen-bond donors (Lipinski definition) is 0. The number of nitrogens with zero attached hydrogens (tertiary/aromatic N) is 1. The molecule has 6 heteroatoms. The van der Waals surface area contributed by atoms with Crippen molar-refractivity contribution in [3.8, 4) is 6.07 Å². The molecule has 0 aliphatic rings. The molecule has 2 nitrogen and oxygen atoms in total. The molecule has 0 fully saturated rings.